The molecule has 0 spiro atoms. The number of ether oxygens (including phenoxy) is 1. The number of anilines is 1. The summed E-state index contributed by atoms with van der Waals surface area (Å²) >= 11 is 0. The van der Waals surface area contributed by atoms with Gasteiger partial charge in [-0.05, 0) is 12.5 Å². The van der Waals surface area contributed by atoms with Crippen LogP contribution < -0.4 is 5.73 Å². The van der Waals surface area contributed by atoms with E-state index in [1.54, 1.807) is 17.7 Å². The highest BCUT2D eigenvalue weighted by Crippen LogP contribution is 2.66. The van der Waals surface area contributed by atoms with Gasteiger partial charge in [0.05, 0.1) is 18.1 Å². The molecule has 31 heavy (non-hydrogen) atoms. The first-order valence-electron chi connectivity index (χ1n) is 8.37. The van der Waals surface area contributed by atoms with E-state index < -0.39 is 48.5 Å². The molecule has 2 aromatic rings. The third-order valence-corrected chi connectivity index (χ3v) is 7.96. The molecule has 174 valence electrons. The lowest BCUT2D eigenvalue weighted by molar-refractivity contribution is -0.0421. The van der Waals surface area contributed by atoms with Crippen LogP contribution in [0.3, 0.4) is 0 Å². The van der Waals surface area contributed by atoms with Gasteiger partial charge in [-0.2, -0.15) is 8.62 Å². The highest BCUT2D eigenvalue weighted by atomic mass is 31.3. The first-order chi connectivity index (χ1) is 14.2. The fourth-order valence-corrected chi connectivity index (χ4v) is 6.05. The second kappa shape index (κ2) is 8.60. The molecule has 0 bridgehead atoms. The number of hydrogen-bond donors (Lipinski definition) is 6. The van der Waals surface area contributed by atoms with Crippen molar-refractivity contribution in [1.82, 2.24) is 14.5 Å². The summed E-state index contributed by atoms with van der Waals surface area (Å²) in [6.45, 7) is 1.01. The van der Waals surface area contributed by atoms with E-state index in [1.807, 2.05) is 0 Å². The quantitative estimate of drug-likeness (QED) is 0.265. The van der Waals surface area contributed by atoms with Crippen LogP contribution in [0, 0.1) is 6.92 Å². The number of phosphoric ester groups is 1. The number of nitrogens with two attached hydrogens (primary N) is 1. The summed E-state index contributed by atoms with van der Waals surface area (Å²) in [7, 11) is -16.5. The minimum absolute atomic E-state index is 0.0392. The maximum absolute atomic E-state index is 11.8. The van der Waals surface area contributed by atoms with Crippen molar-refractivity contribution in [2.24, 2.45) is 0 Å². The van der Waals surface area contributed by atoms with Crippen LogP contribution >= 0.6 is 23.5 Å². The van der Waals surface area contributed by atoms with Crippen molar-refractivity contribution in [2.75, 3.05) is 12.3 Å². The van der Waals surface area contributed by atoms with Crippen LogP contribution in [0.1, 0.15) is 18.2 Å². The Morgan fingerprint density at radius 2 is 1.87 bits per heavy atom. The second-order valence-corrected chi connectivity index (χ2v) is 10.9. The van der Waals surface area contributed by atoms with Gasteiger partial charge in [0.1, 0.15) is 30.1 Å². The molecule has 7 N–H and O–H groups in total. The standard InChI is InChI=1S/C12H19N4O12P3/c1-6-3-16(12-10(6)11(13)14-5-15-12)9-2-7(17)8(26-9)4-25-30(21,22)28-31(23,24)27-29(18,19)20/h3,5,7-9,17H,2,4H2,1H3,(H,21,22)(H,23,24)(H2,13,14,15)(H2,18,19,20). The van der Waals surface area contributed by atoms with Crippen molar-refractivity contribution in [1.29, 1.82) is 0 Å². The summed E-state index contributed by atoms with van der Waals surface area (Å²) in [6.07, 6.45) is -0.114. The maximum atomic E-state index is 11.8. The van der Waals surface area contributed by atoms with Gasteiger partial charge in [-0.15, -0.1) is 0 Å². The summed E-state index contributed by atoms with van der Waals surface area (Å²) in [6, 6.07) is 0. The van der Waals surface area contributed by atoms with E-state index in [4.69, 9.17) is 25.2 Å². The van der Waals surface area contributed by atoms with Gasteiger partial charge in [0.2, 0.25) is 0 Å². The lowest BCUT2D eigenvalue weighted by Gasteiger charge is -2.19. The molecule has 0 aliphatic carbocycles. The maximum Gasteiger partial charge on any atom is 0.490 e. The molecule has 19 heteroatoms. The first-order valence-corrected chi connectivity index (χ1v) is 12.9. The molecule has 5 atom stereocenters. The summed E-state index contributed by atoms with van der Waals surface area (Å²) in [5.41, 5.74) is 7.05. The molecule has 0 saturated carbocycles. The number of hydrogen-bond acceptors (Lipinski definition) is 11. The molecule has 1 saturated heterocycles. The van der Waals surface area contributed by atoms with E-state index in [0.29, 0.717) is 11.0 Å². The molecule has 1 fully saturated rings. The Bertz CT molecular complexity index is 1120. The van der Waals surface area contributed by atoms with Gasteiger partial charge in [-0.3, -0.25) is 4.52 Å². The minimum Gasteiger partial charge on any atom is -0.390 e. The van der Waals surface area contributed by atoms with Crippen LogP contribution in [-0.4, -0.2) is 58.0 Å². The molecule has 0 radical (unpaired) electrons. The first kappa shape index (κ1) is 24.4. The molecular formula is C12H19N4O12P3. The number of phosphoric acid groups is 3. The minimum atomic E-state index is -5.64. The molecule has 1 aliphatic rings. The Balaban J connectivity index is 1.67. The molecule has 0 aromatic carbocycles. The van der Waals surface area contributed by atoms with E-state index in [0.717, 1.165) is 5.56 Å². The number of nitrogen functional groups attached to an aromatic ring is 1. The zero-order valence-corrected chi connectivity index (χ0v) is 18.3. The normalized spacial score (nSPS) is 26.1. The van der Waals surface area contributed by atoms with E-state index in [-0.39, 0.29) is 12.2 Å². The van der Waals surface area contributed by atoms with E-state index in [9.17, 15) is 23.7 Å². The second-order valence-electron chi connectivity index (χ2n) is 6.50. The van der Waals surface area contributed by atoms with Crippen LogP contribution in [0.15, 0.2) is 12.5 Å². The van der Waals surface area contributed by atoms with Crippen molar-refractivity contribution < 1.29 is 56.3 Å². The fraction of sp³-hybridized carbons (Fsp3) is 0.500. The predicted molar refractivity (Wildman–Crippen MR) is 101 cm³/mol. The van der Waals surface area contributed by atoms with E-state index in [2.05, 4.69) is 23.1 Å². The average Bonchev–Trinajstić information content (AvgIpc) is 3.11. The average molecular weight is 504 g/mol. The predicted octanol–water partition coefficient (Wildman–Crippen LogP) is 0.314. The smallest absolute Gasteiger partial charge is 0.390 e. The van der Waals surface area contributed by atoms with Crippen molar-refractivity contribution in [3.05, 3.63) is 18.1 Å². The molecule has 3 rings (SSSR count). The van der Waals surface area contributed by atoms with Gasteiger partial charge in [0.15, 0.2) is 0 Å². The highest BCUT2D eigenvalue weighted by Gasteiger charge is 2.43. The van der Waals surface area contributed by atoms with Crippen molar-refractivity contribution >= 4 is 40.3 Å². The number of nitrogens with zero attached hydrogens (tertiary/aromatic N) is 3. The summed E-state index contributed by atoms with van der Waals surface area (Å²) in [4.78, 5) is 43.8. The van der Waals surface area contributed by atoms with Gasteiger partial charge in [0, 0.05) is 12.6 Å². The van der Waals surface area contributed by atoms with E-state index >= 15 is 0 Å². The monoisotopic (exact) mass is 504 g/mol. The van der Waals surface area contributed by atoms with Crippen molar-refractivity contribution in [2.45, 2.75) is 31.8 Å². The molecular weight excluding hydrogens is 485 g/mol. The molecule has 0 amide bonds. The molecule has 3 heterocycles. The topological polar surface area (TPSA) is 246 Å². The highest BCUT2D eigenvalue weighted by molar-refractivity contribution is 7.66. The number of aryl methyl sites for hydroxylation is 1. The zero-order chi connectivity index (χ0) is 23.2. The Labute approximate surface area is 174 Å². The number of fused-ring (bicyclic) bond motifs is 1. The van der Waals surface area contributed by atoms with Crippen molar-refractivity contribution in [3.8, 4) is 0 Å². The van der Waals surface area contributed by atoms with Crippen LogP contribution in [0.25, 0.3) is 11.0 Å². The van der Waals surface area contributed by atoms with Gasteiger partial charge < -0.3 is 39.7 Å². The molecule has 5 unspecified atom stereocenters. The molecule has 2 aromatic heterocycles. The number of aliphatic hydroxyl groups is 1. The van der Waals surface area contributed by atoms with Crippen LogP contribution in [0.2, 0.25) is 0 Å². The summed E-state index contributed by atoms with van der Waals surface area (Å²) < 4.78 is 52.8. The molecule has 16 nitrogen and oxygen atoms in total. The largest absolute Gasteiger partial charge is 0.490 e. The summed E-state index contributed by atoms with van der Waals surface area (Å²) in [5, 5.41) is 10.8. The van der Waals surface area contributed by atoms with E-state index in [1.165, 1.54) is 6.33 Å². The Morgan fingerprint density at radius 3 is 2.52 bits per heavy atom. The van der Waals surface area contributed by atoms with Gasteiger partial charge in [-0.25, -0.2) is 23.7 Å². The zero-order valence-electron chi connectivity index (χ0n) is 15.7. The van der Waals surface area contributed by atoms with Gasteiger partial charge in [0.25, 0.3) is 0 Å². The summed E-state index contributed by atoms with van der Waals surface area (Å²) in [5.74, 6) is 0.254. The van der Waals surface area contributed by atoms with Crippen LogP contribution in [0.5, 0.6) is 0 Å². The number of aliphatic hydroxyl groups excluding tert-OH is 1. The van der Waals surface area contributed by atoms with Gasteiger partial charge in [-0.1, -0.05) is 0 Å². The lowest BCUT2D eigenvalue weighted by atomic mass is 10.2. The SMILES string of the molecule is Cc1cn(C2CC(O)C(COP(=O)(O)OP(=O)(O)OP(=O)(O)O)O2)c2ncnc(N)c12. The Morgan fingerprint density at radius 1 is 1.19 bits per heavy atom. The van der Waals surface area contributed by atoms with Crippen LogP contribution in [-0.2, 0) is 31.6 Å². The third-order valence-electron chi connectivity index (χ3n) is 4.16. The fourth-order valence-electron chi connectivity index (χ4n) is 3.02. The number of aromatic nitrogens is 3. The lowest BCUT2D eigenvalue weighted by Crippen LogP contribution is -2.26. The number of rotatable bonds is 8. The molecule has 1 aliphatic heterocycles. The van der Waals surface area contributed by atoms with Crippen LogP contribution in [0.4, 0.5) is 5.82 Å². The Kier molecular flexibility index (Phi) is 6.76. The third kappa shape index (κ3) is 5.96. The van der Waals surface area contributed by atoms with Crippen molar-refractivity contribution in [3.63, 3.8) is 0 Å². The van der Waals surface area contributed by atoms with Gasteiger partial charge >= 0.3 is 23.5 Å². The Hall–Kier alpha value is -1.25.